The second-order valence-electron chi connectivity index (χ2n) is 8.19. The topological polar surface area (TPSA) is 111 Å². The van der Waals surface area contributed by atoms with E-state index in [1.807, 2.05) is 24.3 Å². The van der Waals surface area contributed by atoms with Gasteiger partial charge in [0.15, 0.2) is 15.5 Å². The third-order valence-electron chi connectivity index (χ3n) is 5.96. The molecule has 5 rings (SSSR count). The van der Waals surface area contributed by atoms with Gasteiger partial charge in [-0.3, -0.25) is 4.79 Å². The Morgan fingerprint density at radius 3 is 2.53 bits per heavy atom. The highest BCUT2D eigenvalue weighted by molar-refractivity contribution is 7.91. The summed E-state index contributed by atoms with van der Waals surface area (Å²) >= 11 is 0. The molecule has 9 nitrogen and oxygen atoms in total. The quantitative estimate of drug-likeness (QED) is 0.571. The van der Waals surface area contributed by atoms with Crippen molar-refractivity contribution in [3.63, 3.8) is 0 Å². The number of nitrogens with one attached hydrogen (secondary N) is 1. The summed E-state index contributed by atoms with van der Waals surface area (Å²) in [6.45, 7) is 2.19. The molecule has 11 heteroatoms. The van der Waals surface area contributed by atoms with Gasteiger partial charge in [0.05, 0.1) is 46.2 Å². The summed E-state index contributed by atoms with van der Waals surface area (Å²) < 4.78 is 47.4. The molecule has 0 radical (unpaired) electrons. The van der Waals surface area contributed by atoms with E-state index in [-0.39, 0.29) is 22.2 Å². The van der Waals surface area contributed by atoms with Crippen molar-refractivity contribution < 1.29 is 22.2 Å². The fourth-order valence-corrected chi connectivity index (χ4v) is 6.24. The fraction of sp³-hybridized carbons (Fsp3) is 0.304. The lowest BCUT2D eigenvalue weighted by atomic mass is 10.0. The van der Waals surface area contributed by atoms with Crippen LogP contribution >= 0.6 is 0 Å². The van der Waals surface area contributed by atoms with E-state index in [0.717, 1.165) is 5.56 Å². The minimum Gasteiger partial charge on any atom is -0.378 e. The molecule has 178 valence electrons. The number of rotatable bonds is 5. The highest BCUT2D eigenvalue weighted by atomic mass is 32.2. The number of fused-ring (bicyclic) bond motifs is 3. The molecule has 0 aliphatic carbocycles. The third kappa shape index (κ3) is 4.20. The Labute approximate surface area is 200 Å². The van der Waals surface area contributed by atoms with Gasteiger partial charge in [-0.1, -0.05) is 30.3 Å². The lowest BCUT2D eigenvalue weighted by molar-refractivity contribution is 0.0298. The Hall–Kier alpha value is -2.86. The Balaban J connectivity index is 1.64. The van der Waals surface area contributed by atoms with Gasteiger partial charge >= 0.3 is 0 Å². The number of carbonyl (C=O) groups excluding carboxylic acids is 1. The zero-order valence-corrected chi connectivity index (χ0v) is 20.2. The molecule has 2 aliphatic heterocycles. The summed E-state index contributed by atoms with van der Waals surface area (Å²) in [5, 5.41) is 4.66. The van der Waals surface area contributed by atoms with E-state index in [4.69, 9.17) is 4.74 Å². The van der Waals surface area contributed by atoms with Gasteiger partial charge in [0.1, 0.15) is 0 Å². The first kappa shape index (κ1) is 22.9. The summed E-state index contributed by atoms with van der Waals surface area (Å²) in [5.41, 5.74) is 3.36. The van der Waals surface area contributed by atoms with E-state index in [9.17, 15) is 17.4 Å². The minimum absolute atomic E-state index is 0.155. The summed E-state index contributed by atoms with van der Waals surface area (Å²) in [4.78, 5) is 15.3. The molecule has 3 aromatic rings. The minimum atomic E-state index is -3.62. The first-order valence-corrected chi connectivity index (χ1v) is 14.0. The molecule has 0 saturated carbocycles. The van der Waals surface area contributed by atoms with Crippen LogP contribution in [0, 0.1) is 0 Å². The van der Waals surface area contributed by atoms with Gasteiger partial charge < -0.3 is 9.64 Å². The summed E-state index contributed by atoms with van der Waals surface area (Å²) in [6, 6.07) is 14.3. The van der Waals surface area contributed by atoms with E-state index in [0.29, 0.717) is 55.4 Å². The number of amides is 1. The van der Waals surface area contributed by atoms with Crippen molar-refractivity contribution in [3.05, 3.63) is 65.4 Å². The molecule has 1 unspecified atom stereocenters. The van der Waals surface area contributed by atoms with Crippen LogP contribution in [-0.4, -0.2) is 65.8 Å². The van der Waals surface area contributed by atoms with Crippen LogP contribution in [0.1, 0.15) is 21.6 Å². The molecule has 0 bridgehead atoms. The molecule has 1 atom stereocenters. The van der Waals surface area contributed by atoms with Crippen LogP contribution in [0.2, 0.25) is 0 Å². The monoisotopic (exact) mass is 500 g/mol. The zero-order valence-electron chi connectivity index (χ0n) is 18.6. The smallest absolute Gasteiger partial charge is 0.274 e. The molecular weight excluding hydrogens is 476 g/mol. The van der Waals surface area contributed by atoms with E-state index in [1.54, 1.807) is 40.1 Å². The fourth-order valence-electron chi connectivity index (χ4n) is 4.28. The van der Waals surface area contributed by atoms with E-state index in [2.05, 4.69) is 9.82 Å². The number of aromatic nitrogens is 2. The van der Waals surface area contributed by atoms with Crippen molar-refractivity contribution in [3.8, 4) is 16.9 Å². The highest BCUT2D eigenvalue weighted by Gasteiger charge is 2.37. The van der Waals surface area contributed by atoms with Crippen molar-refractivity contribution in [2.45, 2.75) is 17.2 Å². The number of hydrogen-bond acceptors (Lipinski definition) is 6. The van der Waals surface area contributed by atoms with E-state index < -0.39 is 20.8 Å². The molecule has 0 spiro atoms. The van der Waals surface area contributed by atoms with Gasteiger partial charge in [-0.2, -0.15) is 5.10 Å². The average Bonchev–Trinajstić information content (AvgIpc) is 3.22. The van der Waals surface area contributed by atoms with Gasteiger partial charge in [0, 0.05) is 37.0 Å². The molecular formula is C23H24N4O5S2. The van der Waals surface area contributed by atoms with Gasteiger partial charge in [-0.15, -0.1) is 0 Å². The number of sulfone groups is 1. The van der Waals surface area contributed by atoms with Crippen LogP contribution in [0.5, 0.6) is 0 Å². The van der Waals surface area contributed by atoms with Crippen LogP contribution in [0.4, 0.5) is 0 Å². The Kier molecular flexibility index (Phi) is 6.11. The normalized spacial score (nSPS) is 17.6. The van der Waals surface area contributed by atoms with Crippen molar-refractivity contribution in [1.82, 2.24) is 19.4 Å². The SMILES string of the molecule is CS(=O)NCc1ccc(-n2nc(C(=O)N3CCOCC3)c3c2-c2ccccc2S(=O)(=O)C3)cc1. The maximum absolute atomic E-state index is 13.4. The summed E-state index contributed by atoms with van der Waals surface area (Å²) in [7, 11) is -4.74. The molecule has 1 N–H and O–H groups in total. The molecule has 34 heavy (non-hydrogen) atoms. The van der Waals surface area contributed by atoms with Crippen LogP contribution in [0.15, 0.2) is 53.4 Å². The largest absolute Gasteiger partial charge is 0.378 e. The number of carbonyl (C=O) groups is 1. The van der Waals surface area contributed by atoms with E-state index >= 15 is 0 Å². The summed E-state index contributed by atoms with van der Waals surface area (Å²) in [5.74, 6) is -0.575. The van der Waals surface area contributed by atoms with Crippen LogP contribution < -0.4 is 4.72 Å². The molecule has 2 aromatic carbocycles. The number of morpholine rings is 1. The lowest BCUT2D eigenvalue weighted by Gasteiger charge is -2.26. The number of hydrogen-bond donors (Lipinski definition) is 1. The zero-order chi connectivity index (χ0) is 23.9. The number of benzene rings is 2. The second-order valence-corrected chi connectivity index (χ2v) is 11.3. The summed E-state index contributed by atoms with van der Waals surface area (Å²) in [6.07, 6.45) is 1.57. The first-order chi connectivity index (χ1) is 16.3. The molecule has 1 fully saturated rings. The van der Waals surface area contributed by atoms with Gasteiger partial charge in [0.25, 0.3) is 5.91 Å². The molecule has 1 aromatic heterocycles. The van der Waals surface area contributed by atoms with Crippen molar-refractivity contribution in [2.75, 3.05) is 32.6 Å². The van der Waals surface area contributed by atoms with Gasteiger partial charge in [-0.25, -0.2) is 22.0 Å². The third-order valence-corrected chi connectivity index (χ3v) is 8.20. The predicted molar refractivity (Wildman–Crippen MR) is 128 cm³/mol. The van der Waals surface area contributed by atoms with E-state index in [1.165, 1.54) is 0 Å². The van der Waals surface area contributed by atoms with Gasteiger partial charge in [-0.05, 0) is 23.8 Å². The molecule has 1 saturated heterocycles. The lowest BCUT2D eigenvalue weighted by Crippen LogP contribution is -2.41. The maximum Gasteiger partial charge on any atom is 0.274 e. The Morgan fingerprint density at radius 1 is 1.12 bits per heavy atom. The second kappa shape index (κ2) is 9.06. The maximum atomic E-state index is 13.4. The van der Waals surface area contributed by atoms with Crippen LogP contribution in [0.25, 0.3) is 16.9 Å². The standard InChI is InChI=1S/C23H24N4O5S2/c1-33(29)24-14-16-6-8-17(9-7-16)27-22-18-4-2-3-5-20(18)34(30,31)15-19(22)21(25-27)23(28)26-10-12-32-13-11-26/h2-9,24H,10-15H2,1H3. The average molecular weight is 501 g/mol. The number of ether oxygens (including phenoxy) is 1. The van der Waals surface area contributed by atoms with Crippen LogP contribution in [0.3, 0.4) is 0 Å². The van der Waals surface area contributed by atoms with Crippen molar-refractivity contribution >= 4 is 26.7 Å². The van der Waals surface area contributed by atoms with Crippen LogP contribution in [-0.2, 0) is 37.9 Å². The first-order valence-electron chi connectivity index (χ1n) is 10.8. The number of nitrogens with zero attached hydrogens (tertiary/aromatic N) is 3. The molecule has 1 amide bonds. The Morgan fingerprint density at radius 2 is 1.82 bits per heavy atom. The Bertz CT molecular complexity index is 1380. The molecule has 2 aliphatic rings. The highest BCUT2D eigenvalue weighted by Crippen LogP contribution is 2.40. The predicted octanol–water partition coefficient (Wildman–Crippen LogP) is 1.68. The van der Waals surface area contributed by atoms with Crippen molar-refractivity contribution in [2.24, 2.45) is 0 Å². The van der Waals surface area contributed by atoms with Crippen molar-refractivity contribution in [1.29, 1.82) is 0 Å². The molecule has 3 heterocycles. The van der Waals surface area contributed by atoms with Gasteiger partial charge in [0.2, 0.25) is 0 Å².